The van der Waals surface area contributed by atoms with Gasteiger partial charge in [-0.3, -0.25) is 9.13 Å². The van der Waals surface area contributed by atoms with Crippen LogP contribution in [0.5, 0.6) is 0 Å². The molecule has 0 aliphatic carbocycles. The van der Waals surface area contributed by atoms with Crippen molar-refractivity contribution in [1.29, 1.82) is 0 Å². The van der Waals surface area contributed by atoms with Crippen LogP contribution >= 0.6 is 15.0 Å². The van der Waals surface area contributed by atoms with Crippen LogP contribution in [0.2, 0.25) is 0 Å². The van der Waals surface area contributed by atoms with Crippen molar-refractivity contribution in [2.24, 2.45) is 0 Å². The molecule has 0 saturated carbocycles. The van der Waals surface area contributed by atoms with Gasteiger partial charge in [-0.25, -0.2) is 0 Å². The fourth-order valence-electron chi connectivity index (χ4n) is 1.94. The molecule has 124 valence electrons. The summed E-state index contributed by atoms with van der Waals surface area (Å²) in [7, 11) is -7.23. The van der Waals surface area contributed by atoms with Crippen LogP contribution in [0.3, 0.4) is 0 Å². The Bertz CT molecular complexity index is 641. The van der Waals surface area contributed by atoms with Crippen molar-refractivity contribution >= 4 is 15.0 Å². The highest BCUT2D eigenvalue weighted by Gasteiger charge is 2.31. The summed E-state index contributed by atoms with van der Waals surface area (Å²) in [4.78, 5) is 9.89. The molecule has 0 amide bonds. The van der Waals surface area contributed by atoms with Crippen LogP contribution in [-0.2, 0) is 31.4 Å². The van der Waals surface area contributed by atoms with Crippen molar-refractivity contribution in [2.75, 3.05) is 12.6 Å². The van der Waals surface area contributed by atoms with E-state index in [4.69, 9.17) is 9.05 Å². The smallest absolute Gasteiger partial charge is 0.324 e. The molecule has 0 spiro atoms. The minimum absolute atomic E-state index is 0.00664. The Morgan fingerprint density at radius 2 is 1.26 bits per heavy atom. The van der Waals surface area contributed by atoms with E-state index in [1.54, 1.807) is 12.1 Å². The molecule has 2 rings (SSSR count). The van der Waals surface area contributed by atoms with Gasteiger partial charge in [-0.1, -0.05) is 60.7 Å². The second-order valence-electron chi connectivity index (χ2n) is 5.31. The van der Waals surface area contributed by atoms with E-state index in [1.807, 2.05) is 48.5 Å². The van der Waals surface area contributed by atoms with Gasteiger partial charge >= 0.3 is 7.60 Å². The Morgan fingerprint density at radius 3 is 1.74 bits per heavy atom. The van der Waals surface area contributed by atoms with E-state index < -0.39 is 20.9 Å². The first kappa shape index (κ1) is 18.1. The van der Waals surface area contributed by atoms with Crippen molar-refractivity contribution in [1.82, 2.24) is 0 Å². The summed E-state index contributed by atoms with van der Waals surface area (Å²) in [5.74, 6) is -0.500. The second kappa shape index (κ2) is 8.05. The minimum Gasteiger partial charge on any atom is -0.324 e. The third-order valence-corrected chi connectivity index (χ3v) is 7.75. The molecule has 1 N–H and O–H groups in total. The zero-order valence-corrected chi connectivity index (χ0v) is 14.7. The zero-order chi connectivity index (χ0) is 16.8. The van der Waals surface area contributed by atoms with Crippen molar-refractivity contribution in [3.63, 3.8) is 0 Å². The third-order valence-electron chi connectivity index (χ3n) is 3.06. The van der Waals surface area contributed by atoms with Gasteiger partial charge < -0.3 is 13.9 Å². The maximum Gasteiger partial charge on any atom is 0.338 e. The first-order chi connectivity index (χ1) is 10.9. The standard InChI is InChI=1S/C16H20O5P2/c1-22(17,20-12-15-8-4-2-5-9-15)14-23(18,19)21-13-16-10-6-3-7-11-16/h2-11H,12-14H2,1H3,(H,18,19). The minimum atomic E-state index is -3.99. The lowest BCUT2D eigenvalue weighted by Crippen LogP contribution is -2.00. The molecule has 0 aliphatic rings. The average molecular weight is 354 g/mol. The van der Waals surface area contributed by atoms with E-state index in [9.17, 15) is 14.0 Å². The highest BCUT2D eigenvalue weighted by atomic mass is 31.2. The highest BCUT2D eigenvalue weighted by Crippen LogP contribution is 2.59. The van der Waals surface area contributed by atoms with Crippen molar-refractivity contribution in [3.8, 4) is 0 Å². The summed E-state index contributed by atoms with van der Waals surface area (Å²) in [5, 5.41) is 0. The Labute approximate surface area is 136 Å². The lowest BCUT2D eigenvalue weighted by atomic mass is 10.2. The maximum absolute atomic E-state index is 12.4. The Kier molecular flexibility index (Phi) is 6.34. The summed E-state index contributed by atoms with van der Waals surface area (Å²) in [6, 6.07) is 18.3. The molecule has 2 aromatic rings. The van der Waals surface area contributed by atoms with Gasteiger partial charge in [0.05, 0.1) is 13.2 Å². The van der Waals surface area contributed by atoms with Crippen LogP contribution < -0.4 is 0 Å². The second-order valence-corrected chi connectivity index (χ2v) is 10.3. The van der Waals surface area contributed by atoms with Gasteiger partial charge in [-0.05, 0) is 11.1 Å². The van der Waals surface area contributed by atoms with Gasteiger partial charge in [0.2, 0.25) is 7.37 Å². The van der Waals surface area contributed by atoms with Gasteiger partial charge in [0.15, 0.2) is 0 Å². The van der Waals surface area contributed by atoms with Crippen LogP contribution in [0.15, 0.2) is 60.7 Å². The lowest BCUT2D eigenvalue weighted by molar-refractivity contribution is 0.250. The maximum atomic E-state index is 12.4. The fourth-order valence-corrected chi connectivity index (χ4v) is 5.96. The van der Waals surface area contributed by atoms with E-state index in [0.717, 1.165) is 11.1 Å². The SMILES string of the molecule is CP(=O)(CP(=O)(O)OCc1ccccc1)OCc1ccccc1. The predicted molar refractivity (Wildman–Crippen MR) is 90.7 cm³/mol. The molecule has 0 saturated heterocycles. The molecule has 5 nitrogen and oxygen atoms in total. The third kappa shape index (κ3) is 6.82. The number of rotatable bonds is 8. The van der Waals surface area contributed by atoms with E-state index >= 15 is 0 Å². The molecule has 2 unspecified atom stereocenters. The molecule has 0 fully saturated rings. The lowest BCUT2D eigenvalue weighted by Gasteiger charge is -2.18. The fraction of sp³-hybridized carbons (Fsp3) is 0.250. The first-order valence-electron chi connectivity index (χ1n) is 7.12. The molecular weight excluding hydrogens is 334 g/mol. The van der Waals surface area contributed by atoms with Crippen LogP contribution in [0.1, 0.15) is 11.1 Å². The molecule has 7 heteroatoms. The number of hydrogen-bond acceptors (Lipinski definition) is 4. The van der Waals surface area contributed by atoms with E-state index in [0.29, 0.717) is 0 Å². The summed E-state index contributed by atoms with van der Waals surface area (Å²) in [6.07, 6.45) is 0. The molecule has 23 heavy (non-hydrogen) atoms. The van der Waals surface area contributed by atoms with E-state index in [1.165, 1.54) is 6.66 Å². The molecule has 0 radical (unpaired) electrons. The topological polar surface area (TPSA) is 72.8 Å². The molecule has 0 bridgehead atoms. The van der Waals surface area contributed by atoms with Gasteiger partial charge in [-0.15, -0.1) is 0 Å². The average Bonchev–Trinajstić information content (AvgIpc) is 2.52. The number of benzene rings is 2. The van der Waals surface area contributed by atoms with Gasteiger partial charge in [0.1, 0.15) is 5.90 Å². The normalized spacial score (nSPS) is 16.4. The molecule has 2 aromatic carbocycles. The van der Waals surface area contributed by atoms with Gasteiger partial charge in [0, 0.05) is 6.66 Å². The molecule has 0 aliphatic heterocycles. The monoisotopic (exact) mass is 354 g/mol. The summed E-state index contributed by atoms with van der Waals surface area (Å²) in [5.41, 5.74) is 1.63. The zero-order valence-electron chi connectivity index (χ0n) is 12.9. The van der Waals surface area contributed by atoms with Crippen molar-refractivity contribution < 1.29 is 23.1 Å². The van der Waals surface area contributed by atoms with Crippen molar-refractivity contribution in [2.45, 2.75) is 13.2 Å². The van der Waals surface area contributed by atoms with Gasteiger partial charge in [-0.2, -0.15) is 0 Å². The van der Waals surface area contributed by atoms with Crippen molar-refractivity contribution in [3.05, 3.63) is 71.8 Å². The highest BCUT2D eigenvalue weighted by molar-refractivity contribution is 7.73. The quantitative estimate of drug-likeness (QED) is 0.708. The first-order valence-corrected chi connectivity index (χ1v) is 11.1. The molecule has 0 heterocycles. The molecule has 0 aromatic heterocycles. The van der Waals surface area contributed by atoms with E-state index in [2.05, 4.69) is 0 Å². The summed E-state index contributed by atoms with van der Waals surface area (Å²) in [6.45, 7) is 1.48. The summed E-state index contributed by atoms with van der Waals surface area (Å²) < 4.78 is 34.9. The van der Waals surface area contributed by atoms with Crippen LogP contribution in [-0.4, -0.2) is 17.5 Å². The van der Waals surface area contributed by atoms with Crippen LogP contribution in [0.4, 0.5) is 0 Å². The largest absolute Gasteiger partial charge is 0.338 e. The van der Waals surface area contributed by atoms with Crippen LogP contribution in [0.25, 0.3) is 0 Å². The Hall–Kier alpha value is -1.22. The van der Waals surface area contributed by atoms with Crippen LogP contribution in [0, 0.1) is 0 Å². The Morgan fingerprint density at radius 1 is 0.826 bits per heavy atom. The predicted octanol–water partition coefficient (Wildman–Crippen LogP) is 4.47. The Balaban J connectivity index is 1.87. The molecule has 2 atom stereocenters. The van der Waals surface area contributed by atoms with Gasteiger partial charge in [0.25, 0.3) is 0 Å². The summed E-state index contributed by atoms with van der Waals surface area (Å²) >= 11 is 0. The van der Waals surface area contributed by atoms with E-state index in [-0.39, 0.29) is 13.2 Å². The molecular formula is C16H20O5P2. The number of hydrogen-bond donors (Lipinski definition) is 1.